The topological polar surface area (TPSA) is 61.4 Å². The summed E-state index contributed by atoms with van der Waals surface area (Å²) in [6, 6.07) is 65.6. The summed E-state index contributed by atoms with van der Waals surface area (Å²) in [4.78, 5) is 19.7. The maximum absolute atomic E-state index is 5.01. The fourth-order valence-electron chi connectivity index (χ4n) is 8.04. The predicted octanol–water partition coefficient (Wildman–Crippen LogP) is 12.1. The highest BCUT2D eigenvalue weighted by atomic mass is 15.0. The first-order valence-corrected chi connectivity index (χ1v) is 18.7. The maximum Gasteiger partial charge on any atom is 0.182 e. The number of nitrogens with zero attached hydrogens (tertiary/aromatic N) is 6. The van der Waals surface area contributed by atoms with Crippen LogP contribution in [0.2, 0.25) is 0 Å². The molecule has 0 aliphatic carbocycles. The van der Waals surface area contributed by atoms with Gasteiger partial charge in [0.15, 0.2) is 17.5 Å². The summed E-state index contributed by atoms with van der Waals surface area (Å²) < 4.78 is 4.77. The third-order valence-electron chi connectivity index (χ3n) is 10.6. The zero-order chi connectivity index (χ0) is 37.0. The Morgan fingerprint density at radius 1 is 0.304 bits per heavy atom. The molecule has 0 atom stereocenters. The molecule has 0 fully saturated rings. The molecule has 56 heavy (non-hydrogen) atoms. The average molecular weight is 717 g/mol. The van der Waals surface area contributed by atoms with Crippen molar-refractivity contribution in [1.29, 1.82) is 0 Å². The molecule has 11 rings (SSSR count). The molecule has 0 aliphatic rings. The molecule has 4 heterocycles. The summed E-state index contributed by atoms with van der Waals surface area (Å²) in [5.74, 6) is 1.74. The lowest BCUT2D eigenvalue weighted by molar-refractivity contribution is 1.06. The van der Waals surface area contributed by atoms with Crippen LogP contribution in [0.4, 0.5) is 0 Å². The van der Waals surface area contributed by atoms with Crippen LogP contribution in [-0.2, 0) is 0 Å². The van der Waals surface area contributed by atoms with E-state index in [0.717, 1.165) is 55.7 Å². The molecule has 0 spiro atoms. The van der Waals surface area contributed by atoms with Gasteiger partial charge < -0.3 is 9.13 Å². The standard InChI is InChI=1S/C50H32N6/c1-3-15-33(16-4-1)48-52-49(34-17-5-2-6-18-34)54-50(53-48)43-28-27-35(32-51-43)36-29-37(55-44-23-11-7-19-39(44)40-20-8-12-24-45(40)55)31-38(30-36)56-46-25-13-9-21-41(46)42-22-10-14-26-47(42)56/h1-32H. The second-order valence-corrected chi connectivity index (χ2v) is 13.9. The molecule has 0 amide bonds. The lowest BCUT2D eigenvalue weighted by Gasteiger charge is -2.16. The molecule has 0 N–H and O–H groups in total. The molecule has 6 nitrogen and oxygen atoms in total. The number of pyridine rings is 1. The first kappa shape index (κ1) is 31.8. The first-order chi connectivity index (χ1) is 27.8. The number of fused-ring (bicyclic) bond motifs is 6. The third-order valence-corrected chi connectivity index (χ3v) is 10.6. The molecule has 0 saturated carbocycles. The molecule has 0 bridgehead atoms. The maximum atomic E-state index is 5.01. The monoisotopic (exact) mass is 716 g/mol. The van der Waals surface area contributed by atoms with Crippen molar-refractivity contribution in [3.8, 4) is 56.8 Å². The van der Waals surface area contributed by atoms with E-state index in [2.05, 4.69) is 130 Å². The lowest BCUT2D eigenvalue weighted by atomic mass is 10.0. The van der Waals surface area contributed by atoms with Crippen molar-refractivity contribution in [2.24, 2.45) is 0 Å². The molecular weight excluding hydrogens is 685 g/mol. The molecule has 11 aromatic rings. The van der Waals surface area contributed by atoms with Crippen molar-refractivity contribution < 1.29 is 0 Å². The highest BCUT2D eigenvalue weighted by Crippen LogP contribution is 2.38. The Hall–Kier alpha value is -7.70. The van der Waals surface area contributed by atoms with Crippen LogP contribution in [0.3, 0.4) is 0 Å². The Kier molecular flexibility index (Phi) is 7.38. The van der Waals surface area contributed by atoms with Gasteiger partial charge in [0.25, 0.3) is 0 Å². The van der Waals surface area contributed by atoms with Crippen molar-refractivity contribution in [2.75, 3.05) is 0 Å². The van der Waals surface area contributed by atoms with Gasteiger partial charge in [-0.1, -0.05) is 140 Å². The SMILES string of the molecule is c1ccc(-c2nc(-c3ccccc3)nc(-c3ccc(-c4cc(-n5c6ccccc6c6ccccc65)cc(-n5c6ccccc6c6ccccc65)c4)cn3)n2)cc1. The predicted molar refractivity (Wildman–Crippen MR) is 228 cm³/mol. The van der Waals surface area contributed by atoms with Crippen molar-refractivity contribution >= 4 is 43.6 Å². The van der Waals surface area contributed by atoms with Crippen LogP contribution in [0, 0.1) is 0 Å². The van der Waals surface area contributed by atoms with Crippen LogP contribution in [0.1, 0.15) is 0 Å². The van der Waals surface area contributed by atoms with Crippen LogP contribution in [0.25, 0.3) is 100 Å². The summed E-state index contributed by atoms with van der Waals surface area (Å²) >= 11 is 0. The number of hydrogen-bond donors (Lipinski definition) is 0. The molecule has 0 saturated heterocycles. The van der Waals surface area contributed by atoms with Crippen LogP contribution >= 0.6 is 0 Å². The Bertz CT molecular complexity index is 2940. The third kappa shape index (κ3) is 5.27. The van der Waals surface area contributed by atoms with Gasteiger partial charge in [-0.2, -0.15) is 0 Å². The fraction of sp³-hybridized carbons (Fsp3) is 0. The minimum atomic E-state index is 0.522. The second-order valence-electron chi connectivity index (χ2n) is 13.9. The highest BCUT2D eigenvalue weighted by molar-refractivity contribution is 6.10. The van der Waals surface area contributed by atoms with E-state index in [1.807, 2.05) is 72.9 Å². The largest absolute Gasteiger partial charge is 0.309 e. The van der Waals surface area contributed by atoms with E-state index in [1.54, 1.807) is 0 Å². The average Bonchev–Trinajstić information content (AvgIpc) is 3.80. The van der Waals surface area contributed by atoms with Gasteiger partial charge in [-0.3, -0.25) is 4.98 Å². The molecular formula is C50H32N6. The second kappa shape index (κ2) is 13.0. The number of hydrogen-bond acceptors (Lipinski definition) is 4. The minimum Gasteiger partial charge on any atom is -0.309 e. The smallest absolute Gasteiger partial charge is 0.182 e. The summed E-state index contributed by atoms with van der Waals surface area (Å²) in [6.07, 6.45) is 1.93. The van der Waals surface area contributed by atoms with Gasteiger partial charge in [0, 0.05) is 55.8 Å². The minimum absolute atomic E-state index is 0.522. The van der Waals surface area contributed by atoms with Crippen LogP contribution < -0.4 is 0 Å². The van der Waals surface area contributed by atoms with E-state index in [4.69, 9.17) is 19.9 Å². The summed E-state index contributed by atoms with van der Waals surface area (Å²) in [5.41, 5.74) is 11.3. The highest BCUT2D eigenvalue weighted by Gasteiger charge is 2.18. The zero-order valence-electron chi connectivity index (χ0n) is 30.2. The van der Waals surface area contributed by atoms with E-state index in [9.17, 15) is 0 Å². The molecule has 0 aliphatic heterocycles. The number of benzene rings is 7. The Balaban J connectivity index is 1.11. The Labute approximate surface area is 322 Å². The molecule has 262 valence electrons. The number of rotatable bonds is 6. The summed E-state index contributed by atoms with van der Waals surface area (Å²) in [7, 11) is 0. The van der Waals surface area contributed by atoms with Crippen LogP contribution in [0.5, 0.6) is 0 Å². The van der Waals surface area contributed by atoms with Gasteiger partial charge in [0.1, 0.15) is 5.69 Å². The van der Waals surface area contributed by atoms with Gasteiger partial charge in [-0.05, 0) is 54.1 Å². The zero-order valence-corrected chi connectivity index (χ0v) is 30.2. The van der Waals surface area contributed by atoms with E-state index in [1.165, 1.54) is 21.5 Å². The van der Waals surface area contributed by atoms with E-state index < -0.39 is 0 Å². The Morgan fingerprint density at radius 2 is 0.696 bits per heavy atom. The van der Waals surface area contributed by atoms with E-state index in [-0.39, 0.29) is 0 Å². The first-order valence-electron chi connectivity index (χ1n) is 18.7. The van der Waals surface area contributed by atoms with Crippen molar-refractivity contribution in [3.05, 3.63) is 194 Å². The van der Waals surface area contributed by atoms with Gasteiger partial charge in [0.05, 0.1) is 22.1 Å². The van der Waals surface area contributed by atoms with Gasteiger partial charge in [0.2, 0.25) is 0 Å². The van der Waals surface area contributed by atoms with E-state index >= 15 is 0 Å². The Morgan fingerprint density at radius 3 is 1.11 bits per heavy atom. The summed E-state index contributed by atoms with van der Waals surface area (Å²) in [5, 5.41) is 4.89. The quantitative estimate of drug-likeness (QED) is 0.172. The number of para-hydroxylation sites is 4. The molecule has 0 radical (unpaired) electrons. The van der Waals surface area contributed by atoms with Crippen molar-refractivity contribution in [3.63, 3.8) is 0 Å². The van der Waals surface area contributed by atoms with Crippen molar-refractivity contribution in [1.82, 2.24) is 29.1 Å². The summed E-state index contributed by atoms with van der Waals surface area (Å²) in [6.45, 7) is 0. The molecule has 0 unspecified atom stereocenters. The van der Waals surface area contributed by atoms with Crippen LogP contribution in [0.15, 0.2) is 194 Å². The van der Waals surface area contributed by atoms with Crippen molar-refractivity contribution in [2.45, 2.75) is 0 Å². The van der Waals surface area contributed by atoms with Gasteiger partial charge in [-0.25, -0.2) is 15.0 Å². The molecule has 7 aromatic carbocycles. The fourth-order valence-corrected chi connectivity index (χ4v) is 8.04. The normalized spacial score (nSPS) is 11.6. The van der Waals surface area contributed by atoms with Crippen LogP contribution in [-0.4, -0.2) is 29.1 Å². The van der Waals surface area contributed by atoms with Gasteiger partial charge >= 0.3 is 0 Å². The van der Waals surface area contributed by atoms with Gasteiger partial charge in [-0.15, -0.1) is 0 Å². The molecule has 4 aromatic heterocycles. The van der Waals surface area contributed by atoms with E-state index in [0.29, 0.717) is 23.2 Å². The lowest BCUT2D eigenvalue weighted by Crippen LogP contribution is -2.01. The molecule has 6 heteroatoms. The number of aromatic nitrogens is 6.